The highest BCUT2D eigenvalue weighted by molar-refractivity contribution is 5.89. The second kappa shape index (κ2) is 7.45. The summed E-state index contributed by atoms with van der Waals surface area (Å²) in [6.07, 6.45) is 3.24. The fourth-order valence-electron chi connectivity index (χ4n) is 2.48. The molecule has 3 rings (SSSR count). The van der Waals surface area contributed by atoms with Gasteiger partial charge in [-0.05, 0) is 29.8 Å². The number of piperazine rings is 1. The highest BCUT2D eigenvalue weighted by Gasteiger charge is 2.16. The largest absolute Gasteiger partial charge is 0.360 e. The van der Waals surface area contributed by atoms with E-state index in [0.29, 0.717) is 25.3 Å². The molecule has 1 aromatic heterocycles. The molecule has 0 radical (unpaired) electrons. The number of aromatic nitrogens is 1. The van der Waals surface area contributed by atoms with Crippen LogP contribution in [-0.4, -0.2) is 36.6 Å². The number of hydrogen-bond acceptors (Lipinski definition) is 4. The van der Waals surface area contributed by atoms with E-state index in [1.165, 1.54) is 0 Å². The van der Waals surface area contributed by atoms with Gasteiger partial charge in [-0.25, -0.2) is 4.79 Å². The summed E-state index contributed by atoms with van der Waals surface area (Å²) in [6.45, 7) is 2.28. The fourth-order valence-corrected chi connectivity index (χ4v) is 2.48. The number of urea groups is 1. The number of pyridine rings is 1. The Morgan fingerprint density at radius 3 is 2.62 bits per heavy atom. The molecule has 1 saturated heterocycles. The third kappa shape index (κ3) is 4.22. The van der Waals surface area contributed by atoms with Gasteiger partial charge < -0.3 is 20.9 Å². The first kappa shape index (κ1) is 15.8. The molecule has 1 fully saturated rings. The zero-order valence-electron chi connectivity index (χ0n) is 13.2. The van der Waals surface area contributed by atoms with Crippen LogP contribution in [0.5, 0.6) is 0 Å². The number of carbonyl (C=O) groups excluding carboxylic acids is 2. The van der Waals surface area contributed by atoms with Crippen molar-refractivity contribution in [1.29, 1.82) is 0 Å². The molecule has 1 aliphatic heterocycles. The highest BCUT2D eigenvalue weighted by Crippen LogP contribution is 2.16. The lowest BCUT2D eigenvalue weighted by Crippen LogP contribution is -2.47. The van der Waals surface area contributed by atoms with Crippen molar-refractivity contribution in [3.8, 4) is 0 Å². The predicted molar refractivity (Wildman–Crippen MR) is 91.8 cm³/mol. The molecular weight excluding hydrogens is 306 g/mol. The third-order valence-corrected chi connectivity index (χ3v) is 3.73. The molecular formula is C17H19N5O2. The summed E-state index contributed by atoms with van der Waals surface area (Å²) in [4.78, 5) is 29.2. The smallest absolute Gasteiger partial charge is 0.319 e. The Morgan fingerprint density at radius 2 is 1.92 bits per heavy atom. The summed E-state index contributed by atoms with van der Waals surface area (Å²) in [7, 11) is 0. The molecule has 1 aliphatic rings. The zero-order chi connectivity index (χ0) is 16.8. The van der Waals surface area contributed by atoms with Gasteiger partial charge in [-0.15, -0.1) is 0 Å². The Morgan fingerprint density at radius 1 is 1.17 bits per heavy atom. The van der Waals surface area contributed by atoms with E-state index in [0.717, 1.165) is 17.8 Å². The number of anilines is 2. The number of benzene rings is 1. The normalized spacial score (nSPS) is 14.0. The van der Waals surface area contributed by atoms with Crippen molar-refractivity contribution in [3.05, 3.63) is 54.4 Å². The molecule has 3 amide bonds. The van der Waals surface area contributed by atoms with Crippen LogP contribution in [0, 0.1) is 0 Å². The SMILES string of the molecule is O=C1CN(c2ccc(CNC(=O)Nc3ccncc3)cc2)CCN1. The Labute approximate surface area is 140 Å². The molecule has 1 aromatic carbocycles. The molecule has 0 spiro atoms. The maximum atomic E-state index is 11.8. The predicted octanol–water partition coefficient (Wildman–Crippen LogP) is 1.34. The number of rotatable bonds is 4. The maximum absolute atomic E-state index is 11.8. The molecule has 0 aliphatic carbocycles. The van der Waals surface area contributed by atoms with Crippen LogP contribution >= 0.6 is 0 Å². The second-order valence-corrected chi connectivity index (χ2v) is 5.48. The van der Waals surface area contributed by atoms with E-state index in [9.17, 15) is 9.59 Å². The fraction of sp³-hybridized carbons (Fsp3) is 0.235. The van der Waals surface area contributed by atoms with Gasteiger partial charge in [0.2, 0.25) is 5.91 Å². The van der Waals surface area contributed by atoms with Crippen LogP contribution in [0.15, 0.2) is 48.8 Å². The van der Waals surface area contributed by atoms with E-state index >= 15 is 0 Å². The van der Waals surface area contributed by atoms with Gasteiger partial charge in [0.15, 0.2) is 0 Å². The van der Waals surface area contributed by atoms with Gasteiger partial charge in [-0.3, -0.25) is 9.78 Å². The standard InChI is InChI=1S/C17H19N5O2/c23-16-12-22(10-9-19-16)15-3-1-13(2-4-15)11-20-17(24)21-14-5-7-18-8-6-14/h1-8H,9-12H2,(H,19,23)(H2,18,20,21,24). The maximum Gasteiger partial charge on any atom is 0.319 e. The molecule has 24 heavy (non-hydrogen) atoms. The minimum Gasteiger partial charge on any atom is -0.360 e. The van der Waals surface area contributed by atoms with Gasteiger partial charge in [-0.2, -0.15) is 0 Å². The Hall–Kier alpha value is -3.09. The molecule has 124 valence electrons. The van der Waals surface area contributed by atoms with Crippen LogP contribution < -0.4 is 20.9 Å². The van der Waals surface area contributed by atoms with Gasteiger partial charge in [0.25, 0.3) is 0 Å². The van der Waals surface area contributed by atoms with Crippen molar-refractivity contribution in [3.63, 3.8) is 0 Å². The van der Waals surface area contributed by atoms with E-state index in [4.69, 9.17) is 0 Å². The second-order valence-electron chi connectivity index (χ2n) is 5.48. The van der Waals surface area contributed by atoms with Crippen molar-refractivity contribution in [1.82, 2.24) is 15.6 Å². The molecule has 0 unspecified atom stereocenters. The third-order valence-electron chi connectivity index (χ3n) is 3.73. The average Bonchev–Trinajstić information content (AvgIpc) is 2.61. The van der Waals surface area contributed by atoms with Crippen molar-refractivity contribution >= 4 is 23.3 Å². The Kier molecular flexibility index (Phi) is 4.90. The van der Waals surface area contributed by atoms with Crippen LogP contribution in [0.3, 0.4) is 0 Å². The lowest BCUT2D eigenvalue weighted by Gasteiger charge is -2.28. The average molecular weight is 325 g/mol. The van der Waals surface area contributed by atoms with Gasteiger partial charge in [0.1, 0.15) is 0 Å². The number of hydrogen-bond donors (Lipinski definition) is 3. The summed E-state index contributed by atoms with van der Waals surface area (Å²) in [6, 6.07) is 11.0. The monoisotopic (exact) mass is 325 g/mol. The minimum atomic E-state index is -0.266. The summed E-state index contributed by atoms with van der Waals surface area (Å²) >= 11 is 0. The topological polar surface area (TPSA) is 86.4 Å². The summed E-state index contributed by atoms with van der Waals surface area (Å²) in [5.74, 6) is 0.0415. The highest BCUT2D eigenvalue weighted by atomic mass is 16.2. The van der Waals surface area contributed by atoms with Crippen LogP contribution in [0.2, 0.25) is 0 Å². The zero-order valence-corrected chi connectivity index (χ0v) is 13.2. The number of amides is 3. The van der Waals surface area contributed by atoms with Crippen LogP contribution in [0.4, 0.5) is 16.2 Å². The van der Waals surface area contributed by atoms with Crippen LogP contribution in [0.25, 0.3) is 0 Å². The molecule has 0 atom stereocenters. The van der Waals surface area contributed by atoms with Gasteiger partial charge in [-0.1, -0.05) is 12.1 Å². The van der Waals surface area contributed by atoms with E-state index in [1.54, 1.807) is 24.5 Å². The number of carbonyl (C=O) groups is 2. The number of nitrogens with zero attached hydrogens (tertiary/aromatic N) is 2. The molecule has 2 heterocycles. The number of nitrogens with one attached hydrogen (secondary N) is 3. The quantitative estimate of drug-likeness (QED) is 0.792. The van der Waals surface area contributed by atoms with E-state index in [2.05, 4.69) is 20.9 Å². The van der Waals surface area contributed by atoms with Gasteiger partial charge >= 0.3 is 6.03 Å². The Bertz CT molecular complexity index is 703. The minimum absolute atomic E-state index is 0.0415. The lowest BCUT2D eigenvalue weighted by atomic mass is 10.2. The van der Waals surface area contributed by atoms with Gasteiger partial charge in [0, 0.05) is 43.4 Å². The van der Waals surface area contributed by atoms with Crippen molar-refractivity contribution in [2.75, 3.05) is 29.9 Å². The van der Waals surface area contributed by atoms with E-state index in [1.807, 2.05) is 29.2 Å². The first-order valence-electron chi connectivity index (χ1n) is 7.76. The van der Waals surface area contributed by atoms with Crippen LogP contribution in [-0.2, 0) is 11.3 Å². The summed E-state index contributed by atoms with van der Waals surface area (Å²) in [5.41, 5.74) is 2.70. The van der Waals surface area contributed by atoms with Crippen molar-refractivity contribution < 1.29 is 9.59 Å². The summed E-state index contributed by atoms with van der Waals surface area (Å²) in [5, 5.41) is 8.35. The molecule has 3 N–H and O–H groups in total. The van der Waals surface area contributed by atoms with E-state index in [-0.39, 0.29) is 11.9 Å². The first-order chi connectivity index (χ1) is 11.7. The van der Waals surface area contributed by atoms with Crippen LogP contribution in [0.1, 0.15) is 5.56 Å². The lowest BCUT2D eigenvalue weighted by molar-refractivity contribution is -0.120. The Balaban J connectivity index is 1.51. The summed E-state index contributed by atoms with van der Waals surface area (Å²) < 4.78 is 0. The molecule has 0 saturated carbocycles. The molecule has 0 bridgehead atoms. The molecule has 2 aromatic rings. The van der Waals surface area contributed by atoms with Crippen molar-refractivity contribution in [2.45, 2.75) is 6.54 Å². The van der Waals surface area contributed by atoms with E-state index < -0.39 is 0 Å². The van der Waals surface area contributed by atoms with Crippen molar-refractivity contribution in [2.24, 2.45) is 0 Å². The van der Waals surface area contributed by atoms with Gasteiger partial charge in [0.05, 0.1) is 6.54 Å². The first-order valence-corrected chi connectivity index (χ1v) is 7.76. The molecule has 7 heteroatoms. The molecule has 7 nitrogen and oxygen atoms in total.